The Hall–Kier alpha value is -1.60. The van der Waals surface area contributed by atoms with Gasteiger partial charge in [-0.15, -0.1) is 0 Å². The number of hydrogen-bond acceptors (Lipinski definition) is 5. The third kappa shape index (κ3) is 3.42. The first-order valence-electron chi connectivity index (χ1n) is 8.87. The zero-order chi connectivity index (χ0) is 17.9. The summed E-state index contributed by atoms with van der Waals surface area (Å²) in [6.07, 6.45) is 4.38. The maximum absolute atomic E-state index is 12.7. The third-order valence-corrected chi connectivity index (χ3v) is 5.19. The number of carbonyl (C=O) groups is 1. The first-order valence-corrected chi connectivity index (χ1v) is 8.87. The maximum atomic E-state index is 12.7. The molecule has 7 nitrogen and oxygen atoms in total. The van der Waals surface area contributed by atoms with Crippen molar-refractivity contribution in [3.63, 3.8) is 0 Å². The van der Waals surface area contributed by atoms with Crippen molar-refractivity contribution in [1.82, 2.24) is 14.5 Å². The Balaban J connectivity index is 2.02. The topological polar surface area (TPSA) is 81.8 Å². The Morgan fingerprint density at radius 3 is 2.50 bits per heavy atom. The van der Waals surface area contributed by atoms with Gasteiger partial charge in [-0.3, -0.25) is 9.69 Å². The lowest BCUT2D eigenvalue weighted by molar-refractivity contribution is -0.000791. The second-order valence-corrected chi connectivity index (χ2v) is 6.55. The van der Waals surface area contributed by atoms with Gasteiger partial charge in [0.25, 0.3) is 5.91 Å². The van der Waals surface area contributed by atoms with Crippen molar-refractivity contribution in [3.05, 3.63) is 12.0 Å². The van der Waals surface area contributed by atoms with Crippen LogP contribution in [0.1, 0.15) is 63.4 Å². The molecule has 2 heterocycles. The molecule has 1 atom stereocenters. The van der Waals surface area contributed by atoms with Gasteiger partial charge in [0.05, 0.1) is 11.9 Å². The number of imidazole rings is 1. The average molecular weight is 338 g/mol. The highest BCUT2D eigenvalue weighted by atomic mass is 16.3. The lowest BCUT2D eigenvalue weighted by Gasteiger charge is -2.38. The first kappa shape index (κ1) is 18.7. The zero-order valence-corrected chi connectivity index (χ0v) is 15.2. The summed E-state index contributed by atoms with van der Waals surface area (Å²) in [5, 5.41) is 20.8. The van der Waals surface area contributed by atoms with Crippen LogP contribution in [0.3, 0.4) is 0 Å². The van der Waals surface area contributed by atoms with Crippen molar-refractivity contribution in [1.29, 1.82) is 0 Å². The van der Waals surface area contributed by atoms with Crippen LogP contribution in [-0.2, 0) is 6.54 Å². The molecule has 1 aliphatic rings. The molecule has 24 heavy (non-hydrogen) atoms. The molecule has 1 unspecified atom stereocenters. The van der Waals surface area contributed by atoms with E-state index in [1.54, 1.807) is 22.8 Å². The van der Waals surface area contributed by atoms with Crippen LogP contribution < -0.4 is 4.90 Å². The van der Waals surface area contributed by atoms with Crippen LogP contribution in [0.15, 0.2) is 6.33 Å². The predicted molar refractivity (Wildman–Crippen MR) is 92.7 cm³/mol. The fraction of sp³-hybridized carbons (Fsp3) is 0.765. The molecule has 1 aromatic heterocycles. The van der Waals surface area contributed by atoms with Crippen molar-refractivity contribution < 1.29 is 15.0 Å². The molecule has 0 spiro atoms. The highest BCUT2D eigenvalue weighted by Gasteiger charge is 2.37. The number of aromatic nitrogens is 2. The van der Waals surface area contributed by atoms with Crippen molar-refractivity contribution >= 4 is 11.7 Å². The van der Waals surface area contributed by atoms with E-state index in [0.29, 0.717) is 31.0 Å². The van der Waals surface area contributed by atoms with E-state index >= 15 is 0 Å². The number of anilines is 1. The summed E-state index contributed by atoms with van der Waals surface area (Å²) in [7, 11) is 1.74. The fourth-order valence-electron chi connectivity index (χ4n) is 3.20. The molecule has 0 aliphatic carbocycles. The van der Waals surface area contributed by atoms with Gasteiger partial charge in [-0.05, 0) is 39.0 Å². The van der Waals surface area contributed by atoms with Crippen LogP contribution in [0, 0.1) is 0 Å². The number of hydrogen-bond donors (Lipinski definition) is 2. The number of aryl methyl sites for hydroxylation is 1. The molecule has 1 amide bonds. The largest absolute Gasteiger partial charge is 0.390 e. The molecule has 0 saturated carbocycles. The minimum absolute atomic E-state index is 0.184. The number of rotatable bonds is 8. The van der Waals surface area contributed by atoms with Crippen LogP contribution >= 0.6 is 0 Å². The molecule has 0 radical (unpaired) electrons. The van der Waals surface area contributed by atoms with E-state index in [4.69, 9.17) is 0 Å². The molecule has 0 saturated heterocycles. The van der Waals surface area contributed by atoms with Crippen molar-refractivity contribution in [3.8, 4) is 0 Å². The molecule has 136 valence electrons. The molecule has 0 aromatic carbocycles. The van der Waals surface area contributed by atoms with Crippen LogP contribution in [0.25, 0.3) is 0 Å². The number of aliphatic hydroxyl groups excluding tert-OH is 1. The summed E-state index contributed by atoms with van der Waals surface area (Å²) >= 11 is 0. The number of carbonyl (C=O) groups excluding carboxylic acids is 1. The van der Waals surface area contributed by atoms with Gasteiger partial charge in [0.2, 0.25) is 6.35 Å². The summed E-state index contributed by atoms with van der Waals surface area (Å²) in [5.41, 5.74) is -0.0844. The smallest absolute Gasteiger partial charge is 0.277 e. The summed E-state index contributed by atoms with van der Waals surface area (Å²) in [5.74, 6) is 0.341. The number of unbranched alkanes of at least 4 members (excludes halogenated alkanes) is 1. The molecule has 7 heteroatoms. The summed E-state index contributed by atoms with van der Waals surface area (Å²) in [6.45, 7) is 7.06. The van der Waals surface area contributed by atoms with Crippen LogP contribution in [-0.4, -0.2) is 56.1 Å². The van der Waals surface area contributed by atoms with Crippen LogP contribution in [0.2, 0.25) is 0 Å². The first-order chi connectivity index (χ1) is 11.4. The normalized spacial score (nSPS) is 18.2. The highest BCUT2D eigenvalue weighted by Crippen LogP contribution is 2.28. The van der Waals surface area contributed by atoms with E-state index in [2.05, 4.69) is 4.98 Å². The molecule has 1 aromatic rings. The molecule has 2 rings (SSSR count). The third-order valence-electron chi connectivity index (χ3n) is 5.19. The Morgan fingerprint density at radius 2 is 1.92 bits per heavy atom. The van der Waals surface area contributed by atoms with Crippen LogP contribution in [0.4, 0.5) is 5.82 Å². The number of aliphatic hydroxyl groups is 2. The van der Waals surface area contributed by atoms with E-state index in [1.807, 2.05) is 20.8 Å². The molecular weight excluding hydrogens is 308 g/mol. The van der Waals surface area contributed by atoms with Crippen molar-refractivity contribution in [2.45, 2.75) is 71.4 Å². The van der Waals surface area contributed by atoms with E-state index in [0.717, 1.165) is 25.7 Å². The second-order valence-electron chi connectivity index (χ2n) is 6.55. The van der Waals surface area contributed by atoms with Gasteiger partial charge in [0.15, 0.2) is 11.5 Å². The van der Waals surface area contributed by atoms with Gasteiger partial charge in [0.1, 0.15) is 0 Å². The minimum Gasteiger partial charge on any atom is -0.390 e. The standard InChI is InChI=1S/C17H30N4O3/c1-5-17(24,6-2)10-8-9-11-21-15(22)13-14(19(4)16(21)23)18-12-20(13)7-3/h12,16,23-24H,5-11H2,1-4H3. The number of amides is 1. The monoisotopic (exact) mass is 338 g/mol. The summed E-state index contributed by atoms with van der Waals surface area (Å²) in [6, 6.07) is 0. The quantitative estimate of drug-likeness (QED) is 0.706. The molecule has 2 N–H and O–H groups in total. The van der Waals surface area contributed by atoms with E-state index in [1.165, 1.54) is 4.90 Å². The van der Waals surface area contributed by atoms with E-state index in [-0.39, 0.29) is 5.91 Å². The number of nitrogens with zero attached hydrogens (tertiary/aromatic N) is 4. The van der Waals surface area contributed by atoms with Gasteiger partial charge in [-0.25, -0.2) is 4.98 Å². The van der Waals surface area contributed by atoms with Crippen LogP contribution in [0.5, 0.6) is 0 Å². The summed E-state index contributed by atoms with van der Waals surface area (Å²) in [4.78, 5) is 20.1. The Morgan fingerprint density at radius 1 is 1.25 bits per heavy atom. The molecule has 0 bridgehead atoms. The van der Waals surface area contributed by atoms with Crippen molar-refractivity contribution in [2.75, 3.05) is 18.5 Å². The SMILES string of the molecule is CCn1cnc2c1C(=O)N(CCCCC(O)(CC)CC)C(O)N2C. The van der Waals surface area contributed by atoms with Crippen molar-refractivity contribution in [2.24, 2.45) is 0 Å². The number of fused-ring (bicyclic) bond motifs is 1. The molecule has 1 aliphatic heterocycles. The average Bonchev–Trinajstić information content (AvgIpc) is 3.03. The minimum atomic E-state index is -0.999. The fourth-order valence-corrected chi connectivity index (χ4v) is 3.20. The second kappa shape index (κ2) is 7.53. The maximum Gasteiger partial charge on any atom is 0.277 e. The van der Waals surface area contributed by atoms with E-state index < -0.39 is 12.0 Å². The van der Waals surface area contributed by atoms with E-state index in [9.17, 15) is 15.0 Å². The Kier molecular flexibility index (Phi) is 5.87. The van der Waals surface area contributed by atoms with Gasteiger partial charge in [-0.2, -0.15) is 0 Å². The lowest BCUT2D eigenvalue weighted by Crippen LogP contribution is -2.54. The van der Waals surface area contributed by atoms with Gasteiger partial charge in [0, 0.05) is 20.1 Å². The highest BCUT2D eigenvalue weighted by molar-refractivity contribution is 5.99. The Bertz CT molecular complexity index is 568. The Labute approximate surface area is 143 Å². The molecule has 0 fully saturated rings. The molecular formula is C17H30N4O3. The predicted octanol–water partition coefficient (Wildman–Crippen LogP) is 1.79. The summed E-state index contributed by atoms with van der Waals surface area (Å²) < 4.78 is 1.81. The lowest BCUT2D eigenvalue weighted by atomic mass is 9.91. The van der Waals surface area contributed by atoms with Gasteiger partial charge in [-0.1, -0.05) is 13.8 Å². The zero-order valence-electron chi connectivity index (χ0n) is 15.2. The van der Waals surface area contributed by atoms with Gasteiger partial charge < -0.3 is 19.7 Å². The van der Waals surface area contributed by atoms with Gasteiger partial charge >= 0.3 is 0 Å².